The van der Waals surface area contributed by atoms with Crippen LogP contribution in [0.5, 0.6) is 5.88 Å². The molecule has 0 aliphatic carbocycles. The second-order valence-corrected chi connectivity index (χ2v) is 5.88. The van der Waals surface area contributed by atoms with E-state index in [-0.39, 0.29) is 0 Å². The Kier molecular flexibility index (Phi) is 4.04. The van der Waals surface area contributed by atoms with Crippen molar-refractivity contribution in [3.8, 4) is 5.88 Å². The van der Waals surface area contributed by atoms with Crippen LogP contribution in [0.25, 0.3) is 0 Å². The standard InChI is InChI=1S/C14H23N3O3/c1-10-11(12(20-4)16(3)15-10)8-17-7-5-6-14(2,9-17)13(18)19/h5-9H2,1-4H3,(H,18,19). The van der Waals surface area contributed by atoms with Gasteiger partial charge in [0, 0.05) is 20.1 Å². The number of aromatic nitrogens is 2. The normalized spacial score (nSPS) is 23.8. The van der Waals surface area contributed by atoms with Gasteiger partial charge >= 0.3 is 5.97 Å². The van der Waals surface area contributed by atoms with Crippen LogP contribution in [0.2, 0.25) is 0 Å². The van der Waals surface area contributed by atoms with Crippen molar-refractivity contribution in [2.24, 2.45) is 12.5 Å². The van der Waals surface area contributed by atoms with Crippen LogP contribution in [0.3, 0.4) is 0 Å². The SMILES string of the molecule is COc1c(CN2CCCC(C)(C(=O)O)C2)c(C)nn1C. The molecule has 0 spiro atoms. The van der Waals surface area contributed by atoms with E-state index in [1.807, 2.05) is 20.9 Å². The van der Waals surface area contributed by atoms with Crippen LogP contribution < -0.4 is 4.74 Å². The maximum Gasteiger partial charge on any atom is 0.310 e. The van der Waals surface area contributed by atoms with E-state index in [2.05, 4.69) is 10.00 Å². The molecule has 1 atom stereocenters. The molecule has 2 heterocycles. The minimum atomic E-state index is -0.711. The molecule has 1 saturated heterocycles. The lowest BCUT2D eigenvalue weighted by Gasteiger charge is -2.37. The van der Waals surface area contributed by atoms with Gasteiger partial charge in [0.05, 0.1) is 23.8 Å². The van der Waals surface area contributed by atoms with Gasteiger partial charge in [0.15, 0.2) is 0 Å². The van der Waals surface area contributed by atoms with Crippen molar-refractivity contribution in [2.45, 2.75) is 33.2 Å². The molecule has 1 aromatic rings. The molecule has 0 amide bonds. The lowest BCUT2D eigenvalue weighted by Crippen LogP contribution is -2.45. The van der Waals surface area contributed by atoms with Crippen LogP contribution in [0.15, 0.2) is 0 Å². The fourth-order valence-electron chi connectivity index (χ4n) is 3.00. The third kappa shape index (κ3) is 2.65. The second-order valence-electron chi connectivity index (χ2n) is 5.88. The highest BCUT2D eigenvalue weighted by molar-refractivity contribution is 5.74. The van der Waals surface area contributed by atoms with E-state index in [0.29, 0.717) is 13.1 Å². The van der Waals surface area contributed by atoms with Gasteiger partial charge in [0.1, 0.15) is 0 Å². The van der Waals surface area contributed by atoms with Crippen LogP contribution in [0, 0.1) is 12.3 Å². The quantitative estimate of drug-likeness (QED) is 0.904. The van der Waals surface area contributed by atoms with Gasteiger partial charge in [0.25, 0.3) is 0 Å². The van der Waals surface area contributed by atoms with Crippen molar-refractivity contribution in [1.29, 1.82) is 0 Å². The Morgan fingerprint density at radius 3 is 2.85 bits per heavy atom. The molecule has 0 aromatic carbocycles. The monoisotopic (exact) mass is 281 g/mol. The third-order valence-electron chi connectivity index (χ3n) is 4.16. The van der Waals surface area contributed by atoms with E-state index in [1.165, 1.54) is 0 Å². The van der Waals surface area contributed by atoms with Crippen molar-refractivity contribution in [2.75, 3.05) is 20.2 Å². The van der Waals surface area contributed by atoms with Gasteiger partial charge < -0.3 is 9.84 Å². The number of aliphatic carboxylic acids is 1. The fourth-order valence-corrected chi connectivity index (χ4v) is 3.00. The smallest absolute Gasteiger partial charge is 0.310 e. The Balaban J connectivity index is 2.16. The number of ether oxygens (including phenoxy) is 1. The summed E-state index contributed by atoms with van der Waals surface area (Å²) in [5, 5.41) is 13.7. The molecule has 6 nitrogen and oxygen atoms in total. The molecule has 1 unspecified atom stereocenters. The Hall–Kier alpha value is -1.56. The van der Waals surface area contributed by atoms with Crippen LogP contribution in [0.1, 0.15) is 31.0 Å². The molecule has 1 aromatic heterocycles. The molecule has 0 radical (unpaired) electrons. The number of nitrogens with zero attached hydrogens (tertiary/aromatic N) is 3. The first-order valence-electron chi connectivity index (χ1n) is 6.89. The highest BCUT2D eigenvalue weighted by atomic mass is 16.5. The summed E-state index contributed by atoms with van der Waals surface area (Å²) >= 11 is 0. The Bertz CT molecular complexity index is 512. The number of rotatable bonds is 4. The molecule has 1 fully saturated rings. The van der Waals surface area contributed by atoms with E-state index in [4.69, 9.17) is 4.74 Å². The topological polar surface area (TPSA) is 67.6 Å². The van der Waals surface area contributed by atoms with Crippen molar-refractivity contribution in [1.82, 2.24) is 14.7 Å². The maximum atomic E-state index is 11.4. The number of likely N-dealkylation sites (tertiary alicyclic amines) is 1. The molecular formula is C14H23N3O3. The lowest BCUT2D eigenvalue weighted by atomic mass is 9.82. The zero-order valence-electron chi connectivity index (χ0n) is 12.6. The van der Waals surface area contributed by atoms with Gasteiger partial charge in [-0.15, -0.1) is 0 Å². The summed E-state index contributed by atoms with van der Waals surface area (Å²) in [5.74, 6) is 0.0437. The van der Waals surface area contributed by atoms with E-state index in [9.17, 15) is 9.90 Å². The van der Waals surface area contributed by atoms with Crippen LogP contribution in [-0.2, 0) is 18.4 Å². The number of carboxylic acid groups (broad SMARTS) is 1. The number of hydrogen-bond acceptors (Lipinski definition) is 4. The number of hydrogen-bond donors (Lipinski definition) is 1. The molecule has 6 heteroatoms. The molecule has 1 N–H and O–H groups in total. The summed E-state index contributed by atoms with van der Waals surface area (Å²) in [7, 11) is 3.49. The van der Waals surface area contributed by atoms with Gasteiger partial charge in [-0.3, -0.25) is 9.69 Å². The summed E-state index contributed by atoms with van der Waals surface area (Å²) < 4.78 is 7.12. The van der Waals surface area contributed by atoms with Crippen molar-refractivity contribution in [3.05, 3.63) is 11.3 Å². The number of carboxylic acids is 1. The Morgan fingerprint density at radius 1 is 1.55 bits per heavy atom. The summed E-state index contributed by atoms with van der Waals surface area (Å²) in [4.78, 5) is 13.6. The van der Waals surface area contributed by atoms with E-state index < -0.39 is 11.4 Å². The lowest BCUT2D eigenvalue weighted by molar-refractivity contribution is -0.151. The molecule has 0 saturated carbocycles. The van der Waals surface area contributed by atoms with Gasteiger partial charge in [-0.1, -0.05) is 0 Å². The molecule has 2 rings (SSSR count). The van der Waals surface area contributed by atoms with E-state index in [1.54, 1.807) is 11.8 Å². The molecule has 112 valence electrons. The zero-order chi connectivity index (χ0) is 14.9. The van der Waals surface area contributed by atoms with Crippen molar-refractivity contribution >= 4 is 5.97 Å². The predicted molar refractivity (Wildman–Crippen MR) is 74.8 cm³/mol. The van der Waals surface area contributed by atoms with Crippen LogP contribution in [0.4, 0.5) is 0 Å². The molecular weight excluding hydrogens is 258 g/mol. The van der Waals surface area contributed by atoms with E-state index >= 15 is 0 Å². The molecule has 0 bridgehead atoms. The van der Waals surface area contributed by atoms with Crippen molar-refractivity contribution in [3.63, 3.8) is 0 Å². The summed E-state index contributed by atoms with van der Waals surface area (Å²) in [5.41, 5.74) is 1.33. The highest BCUT2D eigenvalue weighted by Crippen LogP contribution is 2.32. The van der Waals surface area contributed by atoms with Crippen LogP contribution in [-0.4, -0.2) is 46.0 Å². The number of piperidine rings is 1. The molecule has 1 aliphatic heterocycles. The summed E-state index contributed by atoms with van der Waals surface area (Å²) in [6, 6.07) is 0. The number of aryl methyl sites for hydroxylation is 2. The number of methoxy groups -OCH3 is 1. The zero-order valence-corrected chi connectivity index (χ0v) is 12.6. The minimum Gasteiger partial charge on any atom is -0.481 e. The average Bonchev–Trinajstić information content (AvgIpc) is 2.63. The van der Waals surface area contributed by atoms with Gasteiger partial charge in [-0.05, 0) is 33.2 Å². The first-order valence-corrected chi connectivity index (χ1v) is 6.89. The predicted octanol–water partition coefficient (Wildman–Crippen LogP) is 1.42. The Morgan fingerprint density at radius 2 is 2.25 bits per heavy atom. The van der Waals surface area contributed by atoms with Crippen molar-refractivity contribution < 1.29 is 14.6 Å². The number of carbonyl (C=O) groups is 1. The third-order valence-corrected chi connectivity index (χ3v) is 4.16. The first kappa shape index (κ1) is 14.8. The van der Waals surface area contributed by atoms with Gasteiger partial charge in [-0.25, -0.2) is 4.68 Å². The molecule has 1 aliphatic rings. The maximum absolute atomic E-state index is 11.4. The Labute approximate surface area is 119 Å². The first-order chi connectivity index (χ1) is 9.37. The van der Waals surface area contributed by atoms with Gasteiger partial charge in [0.2, 0.25) is 5.88 Å². The summed E-state index contributed by atoms with van der Waals surface area (Å²) in [6.45, 7) is 5.96. The fraction of sp³-hybridized carbons (Fsp3) is 0.714. The minimum absolute atomic E-state index is 0.569. The highest BCUT2D eigenvalue weighted by Gasteiger charge is 2.38. The average molecular weight is 281 g/mol. The largest absolute Gasteiger partial charge is 0.481 e. The van der Waals surface area contributed by atoms with Crippen LogP contribution >= 0.6 is 0 Å². The molecule has 20 heavy (non-hydrogen) atoms. The van der Waals surface area contributed by atoms with Gasteiger partial charge in [-0.2, -0.15) is 5.10 Å². The summed E-state index contributed by atoms with van der Waals surface area (Å²) in [6.07, 6.45) is 1.65. The van der Waals surface area contributed by atoms with E-state index in [0.717, 1.165) is 36.5 Å². The second kappa shape index (κ2) is 5.44.